The molecule has 0 radical (unpaired) electrons. The van der Waals surface area contributed by atoms with Crippen molar-refractivity contribution in [2.45, 2.75) is 9.24 Å². The highest BCUT2D eigenvalue weighted by atomic mass is 32.2. The van der Waals surface area contributed by atoms with E-state index >= 15 is 0 Å². The van der Waals surface area contributed by atoms with Crippen LogP contribution < -0.4 is 9.47 Å². The van der Waals surface area contributed by atoms with E-state index in [1.54, 1.807) is 49.7 Å². The lowest BCUT2D eigenvalue weighted by Crippen LogP contribution is -1.92. The predicted molar refractivity (Wildman–Crippen MR) is 81.1 cm³/mol. The molecule has 0 aliphatic carbocycles. The molecule has 20 heavy (non-hydrogen) atoms. The smallest absolute Gasteiger partial charge is 0.162 e. The predicted octanol–water partition coefficient (Wildman–Crippen LogP) is 3.86. The van der Waals surface area contributed by atoms with Crippen molar-refractivity contribution in [3.8, 4) is 11.5 Å². The molecule has 0 atom stereocenters. The van der Waals surface area contributed by atoms with Crippen LogP contribution in [-0.4, -0.2) is 24.2 Å². The van der Waals surface area contributed by atoms with E-state index < -0.39 is 0 Å². The second-order valence-electron chi connectivity index (χ2n) is 3.93. The van der Waals surface area contributed by atoms with E-state index in [-0.39, 0.29) is 0 Å². The van der Waals surface area contributed by atoms with Crippen LogP contribution in [0.2, 0.25) is 0 Å². The molecule has 3 rings (SSSR count). The minimum Gasteiger partial charge on any atom is -0.493 e. The van der Waals surface area contributed by atoms with Crippen molar-refractivity contribution in [1.82, 2.24) is 9.97 Å². The fourth-order valence-electron chi connectivity index (χ4n) is 1.89. The zero-order valence-corrected chi connectivity index (χ0v) is 12.6. The summed E-state index contributed by atoms with van der Waals surface area (Å²) in [6.07, 6.45) is 3.60. The first kappa shape index (κ1) is 13.2. The van der Waals surface area contributed by atoms with Gasteiger partial charge >= 0.3 is 0 Å². The summed E-state index contributed by atoms with van der Waals surface area (Å²) in [5.41, 5.74) is 0.879. The Bertz CT molecular complexity index is 729. The Morgan fingerprint density at radius 2 is 1.85 bits per heavy atom. The third kappa shape index (κ3) is 2.44. The van der Waals surface area contributed by atoms with E-state index in [2.05, 4.69) is 9.97 Å². The van der Waals surface area contributed by atoms with Gasteiger partial charge in [-0.05, 0) is 12.1 Å². The van der Waals surface area contributed by atoms with Crippen LogP contribution in [0.1, 0.15) is 0 Å². The maximum atomic E-state index is 5.36. The highest BCUT2D eigenvalue weighted by molar-refractivity contribution is 8.01. The molecule has 0 unspecified atom stereocenters. The summed E-state index contributed by atoms with van der Waals surface area (Å²) in [4.78, 5) is 9.79. The van der Waals surface area contributed by atoms with Crippen molar-refractivity contribution in [1.29, 1.82) is 0 Å². The summed E-state index contributed by atoms with van der Waals surface area (Å²) in [6, 6.07) is 5.83. The van der Waals surface area contributed by atoms with Crippen LogP contribution in [0.15, 0.2) is 45.2 Å². The quantitative estimate of drug-likeness (QED) is 0.732. The summed E-state index contributed by atoms with van der Waals surface area (Å²) in [7, 11) is 3.26. The molecule has 0 saturated heterocycles. The molecule has 0 spiro atoms. The maximum absolute atomic E-state index is 5.36. The highest BCUT2D eigenvalue weighted by Crippen LogP contribution is 2.38. The molecule has 2 aromatic heterocycles. The van der Waals surface area contributed by atoms with Crippen molar-refractivity contribution in [3.05, 3.63) is 36.0 Å². The average Bonchev–Trinajstić information content (AvgIpc) is 2.99. The van der Waals surface area contributed by atoms with Crippen LogP contribution in [0.3, 0.4) is 0 Å². The van der Waals surface area contributed by atoms with Crippen molar-refractivity contribution in [2.24, 2.45) is 0 Å². The molecule has 1 aromatic carbocycles. The van der Waals surface area contributed by atoms with E-state index in [0.29, 0.717) is 11.5 Å². The number of fused-ring (bicyclic) bond motifs is 1. The van der Waals surface area contributed by atoms with Crippen molar-refractivity contribution < 1.29 is 9.47 Å². The summed E-state index contributed by atoms with van der Waals surface area (Å²) in [5.74, 6) is 1.39. The van der Waals surface area contributed by atoms with Crippen molar-refractivity contribution in [2.75, 3.05) is 14.2 Å². The second-order valence-corrected chi connectivity index (χ2v) is 6.12. The zero-order chi connectivity index (χ0) is 13.9. The minimum atomic E-state index is 0.684. The number of hydrogen-bond acceptors (Lipinski definition) is 6. The standard InChI is InChI=1S/C14H12N2O2S2/c1-17-11-7-9-10(8-12(11)18-2)15-4-3-13(9)20-14-16-5-6-19-14/h3-8H,1-2H3. The van der Waals surface area contributed by atoms with Gasteiger partial charge in [0, 0.05) is 34.1 Å². The molecule has 0 fully saturated rings. The minimum absolute atomic E-state index is 0.684. The molecular weight excluding hydrogens is 292 g/mol. The summed E-state index contributed by atoms with van der Waals surface area (Å²) >= 11 is 3.25. The molecule has 0 N–H and O–H groups in total. The van der Waals surface area contributed by atoms with Crippen molar-refractivity contribution >= 4 is 34.0 Å². The van der Waals surface area contributed by atoms with Gasteiger partial charge in [0.2, 0.25) is 0 Å². The number of ether oxygens (including phenoxy) is 2. The molecule has 6 heteroatoms. The maximum Gasteiger partial charge on any atom is 0.162 e. The third-order valence-corrected chi connectivity index (χ3v) is 4.77. The molecule has 0 saturated carbocycles. The Labute approximate surface area is 124 Å². The lowest BCUT2D eigenvalue weighted by Gasteiger charge is -2.10. The molecule has 0 aliphatic heterocycles. The Balaban J connectivity index is 2.13. The van der Waals surface area contributed by atoms with Gasteiger partial charge in [0.1, 0.15) is 0 Å². The van der Waals surface area contributed by atoms with Crippen LogP contribution >= 0.6 is 23.1 Å². The van der Waals surface area contributed by atoms with Crippen LogP contribution in [-0.2, 0) is 0 Å². The molecular formula is C14H12N2O2S2. The van der Waals surface area contributed by atoms with Gasteiger partial charge in [-0.25, -0.2) is 4.98 Å². The fraction of sp³-hybridized carbons (Fsp3) is 0.143. The van der Waals surface area contributed by atoms with E-state index in [0.717, 1.165) is 20.1 Å². The van der Waals surface area contributed by atoms with Crippen molar-refractivity contribution in [3.63, 3.8) is 0 Å². The van der Waals surface area contributed by atoms with E-state index in [9.17, 15) is 0 Å². The van der Waals surface area contributed by atoms with Crippen LogP contribution in [0.4, 0.5) is 0 Å². The average molecular weight is 304 g/mol. The fourth-order valence-corrected chi connectivity index (χ4v) is 3.58. The van der Waals surface area contributed by atoms with Crippen LogP contribution in [0.25, 0.3) is 10.9 Å². The number of aromatic nitrogens is 2. The monoisotopic (exact) mass is 304 g/mol. The number of nitrogens with zero attached hydrogens (tertiary/aromatic N) is 2. The topological polar surface area (TPSA) is 44.2 Å². The molecule has 0 aliphatic rings. The number of benzene rings is 1. The van der Waals surface area contributed by atoms with Gasteiger partial charge in [-0.15, -0.1) is 11.3 Å². The largest absolute Gasteiger partial charge is 0.493 e. The first-order valence-electron chi connectivity index (χ1n) is 5.90. The van der Waals surface area contributed by atoms with Crippen LogP contribution in [0, 0.1) is 0 Å². The van der Waals surface area contributed by atoms with Gasteiger partial charge in [0.25, 0.3) is 0 Å². The lowest BCUT2D eigenvalue weighted by molar-refractivity contribution is 0.355. The third-order valence-electron chi connectivity index (χ3n) is 2.81. The van der Waals surface area contributed by atoms with Crippen LogP contribution in [0.5, 0.6) is 11.5 Å². The zero-order valence-electron chi connectivity index (χ0n) is 11.0. The first-order valence-corrected chi connectivity index (χ1v) is 7.59. The number of methoxy groups -OCH3 is 2. The normalized spacial score (nSPS) is 10.7. The molecule has 3 aromatic rings. The molecule has 4 nitrogen and oxygen atoms in total. The molecule has 0 amide bonds. The second kappa shape index (κ2) is 5.68. The molecule has 102 valence electrons. The molecule has 0 bridgehead atoms. The van der Waals surface area contributed by atoms with Gasteiger partial charge in [0.05, 0.1) is 19.7 Å². The summed E-state index contributed by atoms with van der Waals surface area (Å²) in [6.45, 7) is 0. The number of rotatable bonds is 4. The van der Waals surface area contributed by atoms with E-state index in [1.165, 1.54) is 0 Å². The highest BCUT2D eigenvalue weighted by Gasteiger charge is 2.11. The van der Waals surface area contributed by atoms with E-state index in [1.807, 2.05) is 23.6 Å². The number of thiazole rings is 1. The van der Waals surface area contributed by atoms with Gasteiger partial charge in [-0.3, -0.25) is 4.98 Å². The summed E-state index contributed by atoms with van der Waals surface area (Å²) < 4.78 is 11.7. The SMILES string of the molecule is COc1cc2nccc(Sc3nccs3)c2cc1OC. The van der Waals surface area contributed by atoms with Gasteiger partial charge in [0.15, 0.2) is 15.8 Å². The summed E-state index contributed by atoms with van der Waals surface area (Å²) in [5, 5.41) is 3.00. The van der Waals surface area contributed by atoms with Gasteiger partial charge in [-0.1, -0.05) is 11.8 Å². The van der Waals surface area contributed by atoms with Gasteiger partial charge < -0.3 is 9.47 Å². The first-order chi connectivity index (χ1) is 9.81. The Hall–Kier alpha value is -1.79. The molecule has 2 heterocycles. The Morgan fingerprint density at radius 3 is 2.55 bits per heavy atom. The lowest BCUT2D eigenvalue weighted by atomic mass is 10.2. The Morgan fingerprint density at radius 1 is 1.05 bits per heavy atom. The Kier molecular flexibility index (Phi) is 3.75. The number of hydrogen-bond donors (Lipinski definition) is 0. The van der Waals surface area contributed by atoms with E-state index in [4.69, 9.17) is 9.47 Å². The number of pyridine rings is 1. The van der Waals surface area contributed by atoms with Gasteiger partial charge in [-0.2, -0.15) is 0 Å².